The molecule has 1 aromatic carbocycles. The first-order valence-electron chi connectivity index (χ1n) is 5.27. The molecule has 1 aromatic rings. The molecular weight excluding hydrogens is 204 g/mol. The summed E-state index contributed by atoms with van der Waals surface area (Å²) in [6.45, 7) is 4.63. The van der Waals surface area contributed by atoms with Gasteiger partial charge in [-0.05, 0) is 26.0 Å². The number of rotatable bonds is 5. The molecule has 0 unspecified atom stereocenters. The Morgan fingerprint density at radius 3 is 2.44 bits per heavy atom. The SMILES string of the molecule is COC(C)(C)CCOc1ccc(N)c(N)c1. The second-order valence-corrected chi connectivity index (χ2v) is 4.35. The van der Waals surface area contributed by atoms with Crippen molar-refractivity contribution in [2.75, 3.05) is 25.2 Å². The summed E-state index contributed by atoms with van der Waals surface area (Å²) in [4.78, 5) is 0. The van der Waals surface area contributed by atoms with Gasteiger partial charge >= 0.3 is 0 Å². The van der Waals surface area contributed by atoms with Crippen molar-refractivity contribution in [2.45, 2.75) is 25.9 Å². The van der Waals surface area contributed by atoms with Gasteiger partial charge in [-0.25, -0.2) is 0 Å². The van der Waals surface area contributed by atoms with E-state index in [1.165, 1.54) is 0 Å². The van der Waals surface area contributed by atoms with Gasteiger partial charge in [0.05, 0.1) is 23.6 Å². The van der Waals surface area contributed by atoms with Crippen LogP contribution < -0.4 is 16.2 Å². The Kier molecular flexibility index (Phi) is 4.01. The maximum Gasteiger partial charge on any atom is 0.121 e. The van der Waals surface area contributed by atoms with Crippen LogP contribution in [0.2, 0.25) is 0 Å². The van der Waals surface area contributed by atoms with Gasteiger partial charge in [0, 0.05) is 19.6 Å². The van der Waals surface area contributed by atoms with Crippen LogP contribution in [0.1, 0.15) is 20.3 Å². The summed E-state index contributed by atoms with van der Waals surface area (Å²) >= 11 is 0. The lowest BCUT2D eigenvalue weighted by atomic mass is 10.1. The number of methoxy groups -OCH3 is 1. The third-order valence-electron chi connectivity index (χ3n) is 2.58. The number of ether oxygens (including phenoxy) is 2. The van der Waals surface area contributed by atoms with Crippen molar-refractivity contribution >= 4 is 11.4 Å². The first kappa shape index (κ1) is 12.6. The van der Waals surface area contributed by atoms with Crippen molar-refractivity contribution in [3.63, 3.8) is 0 Å². The molecule has 90 valence electrons. The van der Waals surface area contributed by atoms with E-state index in [-0.39, 0.29) is 5.60 Å². The van der Waals surface area contributed by atoms with Gasteiger partial charge in [0.2, 0.25) is 0 Å². The zero-order chi connectivity index (χ0) is 12.2. The maximum absolute atomic E-state index is 5.67. The van der Waals surface area contributed by atoms with Crippen molar-refractivity contribution in [3.8, 4) is 5.75 Å². The van der Waals surface area contributed by atoms with Crippen molar-refractivity contribution in [1.29, 1.82) is 0 Å². The molecular formula is C12H20N2O2. The summed E-state index contributed by atoms with van der Waals surface area (Å²) in [5.74, 6) is 0.735. The van der Waals surface area contributed by atoms with E-state index in [1.54, 1.807) is 19.2 Å². The third-order valence-corrected chi connectivity index (χ3v) is 2.58. The van der Waals surface area contributed by atoms with Gasteiger partial charge in [-0.15, -0.1) is 0 Å². The maximum atomic E-state index is 5.67. The molecule has 0 bridgehead atoms. The zero-order valence-corrected chi connectivity index (χ0v) is 10.1. The Labute approximate surface area is 96.5 Å². The molecule has 0 amide bonds. The highest BCUT2D eigenvalue weighted by molar-refractivity contribution is 5.65. The quantitative estimate of drug-likeness (QED) is 0.751. The highest BCUT2D eigenvalue weighted by Gasteiger charge is 2.15. The molecule has 16 heavy (non-hydrogen) atoms. The highest BCUT2D eigenvalue weighted by Crippen LogP contribution is 2.22. The zero-order valence-electron chi connectivity index (χ0n) is 10.1. The number of hydrogen-bond acceptors (Lipinski definition) is 4. The molecule has 0 spiro atoms. The lowest BCUT2D eigenvalue weighted by Gasteiger charge is -2.22. The van der Waals surface area contributed by atoms with E-state index in [4.69, 9.17) is 20.9 Å². The normalized spacial score (nSPS) is 11.4. The summed E-state index contributed by atoms with van der Waals surface area (Å²) < 4.78 is 10.9. The molecule has 0 saturated carbocycles. The number of hydrogen-bond donors (Lipinski definition) is 2. The first-order valence-corrected chi connectivity index (χ1v) is 5.27. The van der Waals surface area contributed by atoms with E-state index >= 15 is 0 Å². The van der Waals surface area contributed by atoms with Gasteiger partial charge in [-0.1, -0.05) is 0 Å². The van der Waals surface area contributed by atoms with Gasteiger partial charge in [0.15, 0.2) is 0 Å². The molecule has 0 aliphatic rings. The van der Waals surface area contributed by atoms with Crippen molar-refractivity contribution in [1.82, 2.24) is 0 Å². The van der Waals surface area contributed by atoms with Crippen LogP contribution in [0.4, 0.5) is 11.4 Å². The minimum Gasteiger partial charge on any atom is -0.493 e. The van der Waals surface area contributed by atoms with Gasteiger partial charge in [-0.3, -0.25) is 0 Å². The fraction of sp³-hybridized carbons (Fsp3) is 0.500. The summed E-state index contributed by atoms with van der Waals surface area (Å²) in [5.41, 5.74) is 12.2. The van der Waals surface area contributed by atoms with E-state index in [1.807, 2.05) is 19.9 Å². The van der Waals surface area contributed by atoms with E-state index in [0.29, 0.717) is 18.0 Å². The monoisotopic (exact) mass is 224 g/mol. The van der Waals surface area contributed by atoms with Crippen LogP contribution in [0.5, 0.6) is 5.75 Å². The summed E-state index contributed by atoms with van der Waals surface area (Å²) in [6.07, 6.45) is 0.813. The predicted molar refractivity (Wildman–Crippen MR) is 66.5 cm³/mol. The lowest BCUT2D eigenvalue weighted by molar-refractivity contribution is 0.00546. The van der Waals surface area contributed by atoms with Gasteiger partial charge in [0.25, 0.3) is 0 Å². The Balaban J connectivity index is 2.46. The van der Waals surface area contributed by atoms with Crippen LogP contribution in [0, 0.1) is 0 Å². The standard InChI is InChI=1S/C12H20N2O2/c1-12(2,15-3)6-7-16-9-4-5-10(13)11(14)8-9/h4-5,8H,6-7,13-14H2,1-3H3. The number of nitrogens with two attached hydrogens (primary N) is 2. The average Bonchev–Trinajstić information content (AvgIpc) is 2.23. The predicted octanol–water partition coefficient (Wildman–Crippen LogP) is 2.04. The Bertz CT molecular complexity index is 351. The summed E-state index contributed by atoms with van der Waals surface area (Å²) in [6, 6.07) is 5.28. The Morgan fingerprint density at radius 1 is 1.19 bits per heavy atom. The van der Waals surface area contributed by atoms with Crippen LogP contribution >= 0.6 is 0 Å². The van der Waals surface area contributed by atoms with E-state index in [9.17, 15) is 0 Å². The van der Waals surface area contributed by atoms with Crippen LogP contribution in [-0.2, 0) is 4.74 Å². The second kappa shape index (κ2) is 5.07. The van der Waals surface area contributed by atoms with Crippen LogP contribution in [0.3, 0.4) is 0 Å². The van der Waals surface area contributed by atoms with E-state index < -0.39 is 0 Å². The molecule has 0 fully saturated rings. The van der Waals surface area contributed by atoms with Crippen LogP contribution in [0.15, 0.2) is 18.2 Å². The number of anilines is 2. The van der Waals surface area contributed by atoms with Gasteiger partial charge in [-0.2, -0.15) is 0 Å². The van der Waals surface area contributed by atoms with Crippen molar-refractivity contribution < 1.29 is 9.47 Å². The molecule has 0 aliphatic heterocycles. The molecule has 0 radical (unpaired) electrons. The third kappa shape index (κ3) is 3.62. The van der Waals surface area contributed by atoms with Gasteiger partial charge in [0.1, 0.15) is 5.75 Å². The molecule has 4 N–H and O–H groups in total. The van der Waals surface area contributed by atoms with E-state index in [2.05, 4.69) is 0 Å². The number of nitrogen functional groups attached to an aromatic ring is 2. The van der Waals surface area contributed by atoms with E-state index in [0.717, 1.165) is 12.2 Å². The second-order valence-electron chi connectivity index (χ2n) is 4.35. The van der Waals surface area contributed by atoms with Crippen LogP contribution in [-0.4, -0.2) is 19.3 Å². The molecule has 0 atom stereocenters. The molecule has 4 nitrogen and oxygen atoms in total. The molecule has 0 heterocycles. The molecule has 0 saturated heterocycles. The molecule has 0 aromatic heterocycles. The Morgan fingerprint density at radius 2 is 1.88 bits per heavy atom. The van der Waals surface area contributed by atoms with Gasteiger partial charge < -0.3 is 20.9 Å². The fourth-order valence-electron chi connectivity index (χ4n) is 1.16. The minimum absolute atomic E-state index is 0.167. The smallest absolute Gasteiger partial charge is 0.121 e. The summed E-state index contributed by atoms with van der Waals surface area (Å²) in [7, 11) is 1.70. The summed E-state index contributed by atoms with van der Waals surface area (Å²) in [5, 5.41) is 0. The molecule has 1 rings (SSSR count). The topological polar surface area (TPSA) is 70.5 Å². The lowest BCUT2D eigenvalue weighted by Crippen LogP contribution is -2.25. The van der Waals surface area contributed by atoms with Crippen LogP contribution in [0.25, 0.3) is 0 Å². The first-order chi connectivity index (χ1) is 7.44. The minimum atomic E-state index is -0.167. The highest BCUT2D eigenvalue weighted by atomic mass is 16.5. The largest absolute Gasteiger partial charge is 0.493 e. The molecule has 0 aliphatic carbocycles. The van der Waals surface area contributed by atoms with Crippen molar-refractivity contribution in [2.24, 2.45) is 0 Å². The van der Waals surface area contributed by atoms with Crippen molar-refractivity contribution in [3.05, 3.63) is 18.2 Å². The molecule has 4 heteroatoms. The fourth-order valence-corrected chi connectivity index (χ4v) is 1.16. The number of benzene rings is 1. The average molecular weight is 224 g/mol. The Hall–Kier alpha value is -1.42.